The first-order valence-corrected chi connectivity index (χ1v) is 13.1. The number of hydrogen-bond donors (Lipinski definition) is 1. The van der Waals surface area contributed by atoms with Gasteiger partial charge in [0.15, 0.2) is 0 Å². The van der Waals surface area contributed by atoms with E-state index in [0.717, 1.165) is 0 Å². The van der Waals surface area contributed by atoms with Gasteiger partial charge in [-0.1, -0.05) is 18.2 Å². The highest BCUT2D eigenvalue weighted by atomic mass is 32.2. The van der Waals surface area contributed by atoms with Crippen LogP contribution < -0.4 is 10.1 Å². The zero-order valence-electron chi connectivity index (χ0n) is 20.1. The molecule has 2 aromatic rings. The van der Waals surface area contributed by atoms with Gasteiger partial charge in [-0.2, -0.15) is 17.5 Å². The molecule has 196 valence electrons. The molecular weight excluding hydrogens is 499 g/mol. The number of pyridine rings is 1. The van der Waals surface area contributed by atoms with Gasteiger partial charge in [-0.15, -0.1) is 0 Å². The van der Waals surface area contributed by atoms with Gasteiger partial charge < -0.3 is 14.8 Å². The normalized spacial score (nSPS) is 21.3. The van der Waals surface area contributed by atoms with Crippen LogP contribution in [-0.2, 0) is 19.3 Å². The van der Waals surface area contributed by atoms with E-state index in [1.54, 1.807) is 51.1 Å². The molecule has 3 atom stereocenters. The molecule has 0 radical (unpaired) electrons. The number of carbonyl (C=O) groups is 2. The summed E-state index contributed by atoms with van der Waals surface area (Å²) < 4.78 is 68.9. The van der Waals surface area contributed by atoms with E-state index in [2.05, 4.69) is 14.7 Å². The Kier molecular flexibility index (Phi) is 8.27. The number of aromatic nitrogens is 1. The third kappa shape index (κ3) is 7.94. The number of alkyl halides is 3. The fraction of sp³-hybridized carbons (Fsp3) is 0.458. The highest BCUT2D eigenvalue weighted by Gasteiger charge is 2.42. The Labute approximate surface area is 207 Å². The first-order chi connectivity index (χ1) is 16.7. The number of ether oxygens (including phenoxy) is 2. The largest absolute Gasteiger partial charge is 0.456 e. The zero-order valence-corrected chi connectivity index (χ0v) is 20.9. The van der Waals surface area contributed by atoms with Gasteiger partial charge in [-0.05, 0) is 57.9 Å². The second-order valence-electron chi connectivity index (χ2n) is 9.31. The molecule has 2 amide bonds. The van der Waals surface area contributed by atoms with Gasteiger partial charge in [0.05, 0.1) is 27.5 Å². The molecule has 0 fully saturated rings. The van der Waals surface area contributed by atoms with Crippen molar-refractivity contribution in [1.29, 1.82) is 0 Å². The van der Waals surface area contributed by atoms with Gasteiger partial charge in [0.1, 0.15) is 23.1 Å². The zero-order chi connectivity index (χ0) is 26.6. The van der Waals surface area contributed by atoms with Crippen LogP contribution in [0.4, 0.5) is 18.0 Å². The highest BCUT2D eigenvalue weighted by Crippen LogP contribution is 2.38. The maximum absolute atomic E-state index is 13.8. The smallest absolute Gasteiger partial charge is 0.408 e. The molecule has 0 saturated heterocycles. The van der Waals surface area contributed by atoms with E-state index < -0.39 is 57.6 Å². The van der Waals surface area contributed by atoms with Crippen molar-refractivity contribution in [3.63, 3.8) is 0 Å². The Hall–Kier alpha value is -3.15. The highest BCUT2D eigenvalue weighted by molar-refractivity contribution is 7.93. The first-order valence-electron chi connectivity index (χ1n) is 11.3. The fourth-order valence-electron chi connectivity index (χ4n) is 3.49. The van der Waals surface area contributed by atoms with Crippen LogP contribution in [0, 0.1) is 0 Å². The SMILES string of the molecule is CC(C)(C)OC(=O)N[C@H]1CCS(=O)(CCC(c2ccc(Oc3ccccc3)cn2)C(F)(F)F)=NC1=O. The van der Waals surface area contributed by atoms with E-state index >= 15 is 0 Å². The predicted octanol–water partition coefficient (Wildman–Crippen LogP) is 5.20. The Morgan fingerprint density at radius 3 is 2.39 bits per heavy atom. The predicted molar refractivity (Wildman–Crippen MR) is 127 cm³/mol. The van der Waals surface area contributed by atoms with Crippen molar-refractivity contribution in [2.45, 2.75) is 57.3 Å². The molecular formula is C24H28F3N3O5S. The van der Waals surface area contributed by atoms with Crippen molar-refractivity contribution in [2.24, 2.45) is 4.36 Å². The summed E-state index contributed by atoms with van der Waals surface area (Å²) in [5.74, 6) is -2.62. The molecule has 2 heterocycles. The number of nitrogens with zero attached hydrogens (tertiary/aromatic N) is 2. The van der Waals surface area contributed by atoms with E-state index in [1.807, 2.05) is 0 Å². The molecule has 1 aliphatic heterocycles. The third-order valence-corrected chi connectivity index (χ3v) is 7.45. The van der Waals surface area contributed by atoms with Crippen molar-refractivity contribution < 1.29 is 36.4 Å². The maximum Gasteiger partial charge on any atom is 0.408 e. The van der Waals surface area contributed by atoms with E-state index in [-0.39, 0.29) is 23.6 Å². The molecule has 3 rings (SSSR count). The van der Waals surface area contributed by atoms with Crippen LogP contribution in [0.3, 0.4) is 0 Å². The molecule has 12 heteroatoms. The number of hydrogen-bond acceptors (Lipinski definition) is 6. The van der Waals surface area contributed by atoms with Gasteiger partial charge >= 0.3 is 12.3 Å². The minimum absolute atomic E-state index is 0.0130. The third-order valence-electron chi connectivity index (χ3n) is 5.19. The number of para-hydroxylation sites is 1. The van der Waals surface area contributed by atoms with Crippen LogP contribution in [-0.4, -0.2) is 50.5 Å². The van der Waals surface area contributed by atoms with Gasteiger partial charge in [-0.3, -0.25) is 9.78 Å². The van der Waals surface area contributed by atoms with Crippen LogP contribution in [0.5, 0.6) is 11.5 Å². The Morgan fingerprint density at radius 1 is 1.14 bits per heavy atom. The molecule has 2 unspecified atom stereocenters. The molecule has 1 N–H and O–H groups in total. The van der Waals surface area contributed by atoms with Crippen molar-refractivity contribution in [1.82, 2.24) is 10.3 Å². The lowest BCUT2D eigenvalue weighted by atomic mass is 10.0. The van der Waals surface area contributed by atoms with Crippen molar-refractivity contribution >= 4 is 21.7 Å². The minimum Gasteiger partial charge on any atom is -0.456 e. The summed E-state index contributed by atoms with van der Waals surface area (Å²) in [4.78, 5) is 28.2. The van der Waals surface area contributed by atoms with Crippen LogP contribution in [0.2, 0.25) is 0 Å². The fourth-order valence-corrected chi connectivity index (χ4v) is 5.54. The summed E-state index contributed by atoms with van der Waals surface area (Å²) in [6.45, 7) is 4.97. The molecule has 0 saturated carbocycles. The van der Waals surface area contributed by atoms with Crippen LogP contribution >= 0.6 is 0 Å². The monoisotopic (exact) mass is 527 g/mol. The summed E-state index contributed by atoms with van der Waals surface area (Å²) in [6, 6.07) is 10.3. The molecule has 0 bridgehead atoms. The second-order valence-corrected chi connectivity index (χ2v) is 11.9. The standard InChI is InChI=1S/C24H28F3N3O5S/c1-23(2,3)35-22(32)29-20-12-14-36(33,30-21(20)31)13-11-18(24(25,26)27)19-10-9-17(15-28-19)34-16-7-5-4-6-8-16/h4-10,15,18,20H,11-14H2,1-3H3,(H,29,32)/t18?,20-,36?/m0/s1. The van der Waals surface area contributed by atoms with E-state index in [0.29, 0.717) is 5.75 Å². The Morgan fingerprint density at radius 2 is 1.83 bits per heavy atom. The summed E-state index contributed by atoms with van der Waals surface area (Å²) in [7, 11) is -3.22. The van der Waals surface area contributed by atoms with E-state index in [4.69, 9.17) is 9.47 Å². The average molecular weight is 528 g/mol. The van der Waals surface area contributed by atoms with Gasteiger partial charge in [0.2, 0.25) is 0 Å². The number of nitrogens with one attached hydrogen (secondary N) is 1. The lowest BCUT2D eigenvalue weighted by Gasteiger charge is -2.26. The number of benzene rings is 1. The Bertz CT molecular complexity index is 1190. The lowest BCUT2D eigenvalue weighted by Crippen LogP contribution is -2.46. The summed E-state index contributed by atoms with van der Waals surface area (Å²) in [6.07, 6.45) is -4.85. The second kappa shape index (κ2) is 10.9. The lowest BCUT2D eigenvalue weighted by molar-refractivity contribution is -0.151. The topological polar surface area (TPSA) is 107 Å². The summed E-state index contributed by atoms with van der Waals surface area (Å²) in [5, 5.41) is 2.37. The Balaban J connectivity index is 1.67. The molecule has 0 spiro atoms. The van der Waals surface area contributed by atoms with E-state index in [1.165, 1.54) is 18.3 Å². The van der Waals surface area contributed by atoms with Gasteiger partial charge in [0, 0.05) is 11.5 Å². The molecule has 0 aliphatic carbocycles. The minimum atomic E-state index is -4.65. The number of carbonyl (C=O) groups excluding carboxylic acids is 2. The summed E-state index contributed by atoms with van der Waals surface area (Å²) >= 11 is 0. The molecule has 1 aromatic heterocycles. The van der Waals surface area contributed by atoms with Gasteiger partial charge in [0.25, 0.3) is 5.91 Å². The number of amides is 2. The molecule has 8 nitrogen and oxygen atoms in total. The van der Waals surface area contributed by atoms with Gasteiger partial charge in [-0.25, -0.2) is 9.00 Å². The van der Waals surface area contributed by atoms with Crippen LogP contribution in [0.25, 0.3) is 0 Å². The molecule has 1 aliphatic rings. The molecule has 1 aromatic carbocycles. The van der Waals surface area contributed by atoms with E-state index in [9.17, 15) is 27.0 Å². The van der Waals surface area contributed by atoms with Crippen molar-refractivity contribution in [3.8, 4) is 11.5 Å². The number of alkyl carbamates (subject to hydrolysis) is 1. The van der Waals surface area contributed by atoms with Crippen LogP contribution in [0.15, 0.2) is 53.0 Å². The maximum atomic E-state index is 13.8. The quantitative estimate of drug-likeness (QED) is 0.530. The number of rotatable bonds is 7. The van der Waals surface area contributed by atoms with Crippen molar-refractivity contribution in [2.75, 3.05) is 11.5 Å². The summed E-state index contributed by atoms with van der Waals surface area (Å²) in [5.41, 5.74) is -1.03. The van der Waals surface area contributed by atoms with Crippen molar-refractivity contribution in [3.05, 3.63) is 54.4 Å². The average Bonchev–Trinajstić information content (AvgIpc) is 2.76. The molecule has 36 heavy (non-hydrogen) atoms. The number of halogens is 3. The first kappa shape index (κ1) is 27.4. The van der Waals surface area contributed by atoms with Crippen LogP contribution in [0.1, 0.15) is 45.2 Å².